The van der Waals surface area contributed by atoms with Crippen LogP contribution in [-0.2, 0) is 6.54 Å². The van der Waals surface area contributed by atoms with Crippen molar-refractivity contribution in [3.05, 3.63) is 58.0 Å². The molecule has 168 valence electrons. The second-order valence-electron chi connectivity index (χ2n) is 7.42. The molecule has 8 nitrogen and oxygen atoms in total. The zero-order valence-electron chi connectivity index (χ0n) is 18.3. The highest BCUT2D eigenvalue weighted by atomic mass is 32.1. The molecule has 0 spiro atoms. The quantitative estimate of drug-likeness (QED) is 0.547. The third-order valence-electron chi connectivity index (χ3n) is 5.51. The molecule has 0 bridgehead atoms. The molecule has 9 heteroatoms. The van der Waals surface area contributed by atoms with E-state index < -0.39 is 0 Å². The van der Waals surface area contributed by atoms with Gasteiger partial charge >= 0.3 is 0 Å². The van der Waals surface area contributed by atoms with Crippen molar-refractivity contribution in [1.29, 1.82) is 0 Å². The SMILES string of the molecule is COc1ccc(NC(=O)c2nnc(CN3CCCC3c3cc(OC)ccc3OC)s2)cc1. The van der Waals surface area contributed by atoms with E-state index >= 15 is 0 Å². The first-order chi connectivity index (χ1) is 15.6. The molecule has 1 atom stereocenters. The molecule has 0 radical (unpaired) electrons. The number of nitrogens with zero attached hydrogens (tertiary/aromatic N) is 3. The van der Waals surface area contributed by atoms with Gasteiger partial charge in [-0.25, -0.2) is 0 Å². The molecule has 1 unspecified atom stereocenters. The number of ether oxygens (including phenoxy) is 3. The van der Waals surface area contributed by atoms with E-state index in [4.69, 9.17) is 14.2 Å². The number of amides is 1. The number of anilines is 1. The summed E-state index contributed by atoms with van der Waals surface area (Å²) in [5, 5.41) is 12.4. The van der Waals surface area contributed by atoms with E-state index in [1.807, 2.05) is 18.2 Å². The van der Waals surface area contributed by atoms with Crippen LogP contribution in [0.4, 0.5) is 5.69 Å². The summed E-state index contributed by atoms with van der Waals surface area (Å²) >= 11 is 1.31. The number of nitrogens with one attached hydrogen (secondary N) is 1. The van der Waals surface area contributed by atoms with Crippen molar-refractivity contribution in [1.82, 2.24) is 15.1 Å². The fourth-order valence-corrected chi connectivity index (χ4v) is 4.67. The van der Waals surface area contributed by atoms with Crippen molar-refractivity contribution in [3.8, 4) is 17.2 Å². The maximum atomic E-state index is 12.6. The molecule has 1 N–H and O–H groups in total. The summed E-state index contributed by atoms with van der Waals surface area (Å²) in [5.74, 6) is 2.11. The lowest BCUT2D eigenvalue weighted by molar-refractivity contribution is 0.102. The highest BCUT2D eigenvalue weighted by Gasteiger charge is 2.30. The van der Waals surface area contributed by atoms with Crippen LogP contribution in [0.1, 0.15) is 39.3 Å². The minimum Gasteiger partial charge on any atom is -0.497 e. The normalized spacial score (nSPS) is 16.0. The Morgan fingerprint density at radius 3 is 2.53 bits per heavy atom. The van der Waals surface area contributed by atoms with Crippen molar-refractivity contribution < 1.29 is 19.0 Å². The summed E-state index contributed by atoms with van der Waals surface area (Å²) in [5.41, 5.74) is 1.78. The van der Waals surface area contributed by atoms with Crippen LogP contribution in [0.5, 0.6) is 17.2 Å². The molecule has 3 aromatic rings. The fourth-order valence-electron chi connectivity index (χ4n) is 3.91. The first kappa shape index (κ1) is 22.0. The summed E-state index contributed by atoms with van der Waals surface area (Å²) in [6.07, 6.45) is 2.10. The van der Waals surface area contributed by atoms with Crippen molar-refractivity contribution in [3.63, 3.8) is 0 Å². The Labute approximate surface area is 191 Å². The molecule has 1 aliphatic heterocycles. The third kappa shape index (κ3) is 4.84. The number of hydrogen-bond donors (Lipinski definition) is 1. The number of likely N-dealkylation sites (tertiary alicyclic amines) is 1. The van der Waals surface area contributed by atoms with Gasteiger partial charge in [0.25, 0.3) is 5.91 Å². The molecule has 0 aliphatic carbocycles. The number of carbonyl (C=O) groups excluding carboxylic acids is 1. The van der Waals surface area contributed by atoms with Gasteiger partial charge < -0.3 is 19.5 Å². The predicted molar refractivity (Wildman–Crippen MR) is 123 cm³/mol. The second-order valence-corrected chi connectivity index (χ2v) is 8.48. The topological polar surface area (TPSA) is 85.8 Å². The van der Waals surface area contributed by atoms with Gasteiger partial charge in [-0.1, -0.05) is 11.3 Å². The van der Waals surface area contributed by atoms with E-state index in [-0.39, 0.29) is 11.9 Å². The molecule has 2 heterocycles. The Bertz CT molecular complexity index is 1070. The van der Waals surface area contributed by atoms with E-state index in [0.717, 1.165) is 47.2 Å². The monoisotopic (exact) mass is 454 g/mol. The molecule has 1 amide bonds. The Hall–Kier alpha value is -3.17. The van der Waals surface area contributed by atoms with Gasteiger partial charge in [0.1, 0.15) is 22.3 Å². The first-order valence-electron chi connectivity index (χ1n) is 10.3. The van der Waals surface area contributed by atoms with Gasteiger partial charge in [-0.15, -0.1) is 10.2 Å². The van der Waals surface area contributed by atoms with Crippen LogP contribution in [0.25, 0.3) is 0 Å². The molecular formula is C23H26N4O4S. The lowest BCUT2D eigenvalue weighted by Gasteiger charge is -2.25. The number of carbonyl (C=O) groups is 1. The van der Waals surface area contributed by atoms with Gasteiger partial charge in [0.05, 0.1) is 27.9 Å². The Kier molecular flexibility index (Phi) is 6.87. The molecule has 2 aromatic carbocycles. The second kappa shape index (κ2) is 9.97. The van der Waals surface area contributed by atoms with Crippen molar-refractivity contribution in [2.24, 2.45) is 0 Å². The summed E-state index contributed by atoms with van der Waals surface area (Å²) in [6, 6.07) is 13.2. The van der Waals surface area contributed by atoms with E-state index in [2.05, 4.69) is 20.4 Å². The minimum absolute atomic E-state index is 0.195. The standard InChI is InChI=1S/C23H26N4O4S/c1-29-16-8-6-15(7-9-16)24-22(28)23-26-25-21(32-23)14-27-12-4-5-19(27)18-13-17(30-2)10-11-20(18)31-3/h6-11,13,19H,4-5,12,14H2,1-3H3,(H,24,28). The number of methoxy groups -OCH3 is 3. The lowest BCUT2D eigenvalue weighted by Crippen LogP contribution is -2.23. The maximum Gasteiger partial charge on any atom is 0.286 e. The van der Waals surface area contributed by atoms with E-state index in [1.54, 1.807) is 45.6 Å². The van der Waals surface area contributed by atoms with E-state index in [0.29, 0.717) is 17.2 Å². The zero-order valence-corrected chi connectivity index (χ0v) is 19.1. The smallest absolute Gasteiger partial charge is 0.286 e. The molecule has 32 heavy (non-hydrogen) atoms. The molecule has 0 saturated carbocycles. The Balaban J connectivity index is 1.45. The highest BCUT2D eigenvalue weighted by Crippen LogP contribution is 2.39. The summed E-state index contributed by atoms with van der Waals surface area (Å²) in [6.45, 7) is 1.57. The molecule has 1 aromatic heterocycles. The van der Waals surface area contributed by atoms with Crippen LogP contribution in [-0.4, -0.2) is 48.9 Å². The summed E-state index contributed by atoms with van der Waals surface area (Å²) in [7, 11) is 4.95. The summed E-state index contributed by atoms with van der Waals surface area (Å²) in [4.78, 5) is 14.9. The van der Waals surface area contributed by atoms with Crippen LogP contribution in [0.15, 0.2) is 42.5 Å². The number of rotatable bonds is 8. The molecule has 1 saturated heterocycles. The fraction of sp³-hybridized carbons (Fsp3) is 0.348. The maximum absolute atomic E-state index is 12.6. The van der Waals surface area contributed by atoms with Crippen LogP contribution in [0.3, 0.4) is 0 Å². The lowest BCUT2D eigenvalue weighted by atomic mass is 10.0. The average Bonchev–Trinajstić information content (AvgIpc) is 3.49. The van der Waals surface area contributed by atoms with Gasteiger partial charge in [0.2, 0.25) is 5.01 Å². The Morgan fingerprint density at radius 2 is 1.81 bits per heavy atom. The van der Waals surface area contributed by atoms with Gasteiger partial charge in [0, 0.05) is 17.3 Å². The van der Waals surface area contributed by atoms with Gasteiger partial charge in [-0.3, -0.25) is 9.69 Å². The number of benzene rings is 2. The number of hydrogen-bond acceptors (Lipinski definition) is 8. The van der Waals surface area contributed by atoms with Crippen LogP contribution >= 0.6 is 11.3 Å². The van der Waals surface area contributed by atoms with E-state index in [9.17, 15) is 4.79 Å². The van der Waals surface area contributed by atoms with Crippen LogP contribution in [0, 0.1) is 0 Å². The largest absolute Gasteiger partial charge is 0.497 e. The van der Waals surface area contributed by atoms with Crippen LogP contribution in [0.2, 0.25) is 0 Å². The third-order valence-corrected chi connectivity index (χ3v) is 6.41. The zero-order chi connectivity index (χ0) is 22.5. The van der Waals surface area contributed by atoms with Crippen molar-refractivity contribution >= 4 is 22.9 Å². The van der Waals surface area contributed by atoms with Gasteiger partial charge in [-0.05, 0) is 61.9 Å². The molecule has 1 fully saturated rings. The predicted octanol–water partition coefficient (Wildman–Crippen LogP) is 4.15. The molecule has 1 aliphatic rings. The van der Waals surface area contributed by atoms with Gasteiger partial charge in [0.15, 0.2) is 0 Å². The van der Waals surface area contributed by atoms with Crippen molar-refractivity contribution in [2.75, 3.05) is 33.2 Å². The first-order valence-corrected chi connectivity index (χ1v) is 11.2. The van der Waals surface area contributed by atoms with Gasteiger partial charge in [-0.2, -0.15) is 0 Å². The van der Waals surface area contributed by atoms with E-state index in [1.165, 1.54) is 11.3 Å². The number of aromatic nitrogens is 2. The summed E-state index contributed by atoms with van der Waals surface area (Å²) < 4.78 is 16.1. The van der Waals surface area contributed by atoms with Crippen LogP contribution < -0.4 is 19.5 Å². The molecular weight excluding hydrogens is 428 g/mol. The van der Waals surface area contributed by atoms with Crippen molar-refractivity contribution in [2.45, 2.75) is 25.4 Å². The molecule has 4 rings (SSSR count). The minimum atomic E-state index is -0.272. The Morgan fingerprint density at radius 1 is 1.06 bits per heavy atom. The average molecular weight is 455 g/mol. The highest BCUT2D eigenvalue weighted by molar-refractivity contribution is 7.13.